The maximum Gasteiger partial charge on any atom is 0.263 e. The van der Waals surface area contributed by atoms with Crippen LogP contribution in [-0.4, -0.2) is 31.4 Å². The van der Waals surface area contributed by atoms with Gasteiger partial charge in [-0.3, -0.25) is 4.79 Å². The smallest absolute Gasteiger partial charge is 0.263 e. The quantitative estimate of drug-likeness (QED) is 0.918. The minimum atomic E-state index is -0.124. The largest absolute Gasteiger partial charge is 0.343 e. The number of hydrogen-bond donors (Lipinski definition) is 1. The Morgan fingerprint density at radius 3 is 2.55 bits per heavy atom. The summed E-state index contributed by atoms with van der Waals surface area (Å²) in [7, 11) is 3.97. The highest BCUT2D eigenvalue weighted by atomic mass is 35.5. The van der Waals surface area contributed by atoms with Crippen molar-refractivity contribution in [3.63, 3.8) is 0 Å². The molecule has 1 aromatic heterocycles. The molecule has 1 heterocycles. The maximum absolute atomic E-state index is 12.3. The molecule has 0 saturated heterocycles. The van der Waals surface area contributed by atoms with E-state index >= 15 is 0 Å². The monoisotopic (exact) mass is 308 g/mol. The second-order valence-electron chi connectivity index (χ2n) is 4.80. The zero-order valence-electron chi connectivity index (χ0n) is 11.5. The third kappa shape index (κ3) is 3.82. The van der Waals surface area contributed by atoms with E-state index in [9.17, 15) is 4.79 Å². The third-order valence-electron chi connectivity index (χ3n) is 2.88. The summed E-state index contributed by atoms with van der Waals surface area (Å²) in [6, 6.07) is 11.6. The first-order valence-electron chi connectivity index (χ1n) is 6.31. The second kappa shape index (κ2) is 6.88. The number of thiophene rings is 1. The van der Waals surface area contributed by atoms with Crippen LogP contribution in [0, 0.1) is 0 Å². The first-order chi connectivity index (χ1) is 9.58. The highest BCUT2D eigenvalue weighted by Crippen LogP contribution is 2.23. The van der Waals surface area contributed by atoms with Gasteiger partial charge in [0, 0.05) is 6.54 Å². The van der Waals surface area contributed by atoms with Crippen molar-refractivity contribution in [1.82, 2.24) is 10.2 Å². The molecule has 1 aromatic carbocycles. The van der Waals surface area contributed by atoms with Crippen LogP contribution in [0.2, 0.25) is 5.02 Å². The van der Waals surface area contributed by atoms with E-state index in [0.29, 0.717) is 9.90 Å². The van der Waals surface area contributed by atoms with Crippen molar-refractivity contribution >= 4 is 28.8 Å². The van der Waals surface area contributed by atoms with Crippen LogP contribution in [0.1, 0.15) is 21.3 Å². The molecular weight excluding hydrogens is 292 g/mol. The third-order valence-corrected chi connectivity index (χ3v) is 4.22. The topological polar surface area (TPSA) is 32.3 Å². The van der Waals surface area contributed by atoms with Crippen molar-refractivity contribution in [2.45, 2.75) is 6.04 Å². The Labute approximate surface area is 128 Å². The van der Waals surface area contributed by atoms with E-state index in [1.54, 1.807) is 6.07 Å². The lowest BCUT2D eigenvalue weighted by molar-refractivity contribution is 0.0934. The van der Waals surface area contributed by atoms with Crippen LogP contribution in [0.5, 0.6) is 0 Å². The SMILES string of the molecule is CN(C)CC(NC(=O)c1sccc1Cl)c1ccccc1. The molecule has 0 saturated carbocycles. The van der Waals surface area contributed by atoms with E-state index in [1.807, 2.05) is 54.7 Å². The van der Waals surface area contributed by atoms with Crippen LogP contribution in [0.3, 0.4) is 0 Å². The van der Waals surface area contributed by atoms with Crippen LogP contribution < -0.4 is 5.32 Å². The molecule has 2 rings (SSSR count). The number of likely N-dealkylation sites (N-methyl/N-ethyl adjacent to an activating group) is 1. The fourth-order valence-electron chi connectivity index (χ4n) is 1.96. The lowest BCUT2D eigenvalue weighted by Crippen LogP contribution is -2.35. The Bertz CT molecular complexity index is 568. The van der Waals surface area contributed by atoms with Crippen molar-refractivity contribution in [3.8, 4) is 0 Å². The van der Waals surface area contributed by atoms with Crippen molar-refractivity contribution in [2.75, 3.05) is 20.6 Å². The number of nitrogens with zero attached hydrogens (tertiary/aromatic N) is 1. The first kappa shape index (κ1) is 15.0. The van der Waals surface area contributed by atoms with Gasteiger partial charge in [-0.05, 0) is 31.1 Å². The molecule has 106 valence electrons. The molecule has 0 bridgehead atoms. The summed E-state index contributed by atoms with van der Waals surface area (Å²) in [6.07, 6.45) is 0. The van der Waals surface area contributed by atoms with Crippen LogP contribution in [0.25, 0.3) is 0 Å². The van der Waals surface area contributed by atoms with Crippen molar-refractivity contribution in [3.05, 3.63) is 57.2 Å². The van der Waals surface area contributed by atoms with Gasteiger partial charge in [0.2, 0.25) is 0 Å². The average molecular weight is 309 g/mol. The number of rotatable bonds is 5. The van der Waals surface area contributed by atoms with Crippen molar-refractivity contribution in [2.24, 2.45) is 0 Å². The van der Waals surface area contributed by atoms with E-state index in [4.69, 9.17) is 11.6 Å². The summed E-state index contributed by atoms with van der Waals surface area (Å²) in [5, 5.41) is 5.38. The molecule has 20 heavy (non-hydrogen) atoms. The zero-order chi connectivity index (χ0) is 14.5. The highest BCUT2D eigenvalue weighted by molar-refractivity contribution is 7.12. The number of amides is 1. The Morgan fingerprint density at radius 2 is 2.00 bits per heavy atom. The van der Waals surface area contributed by atoms with Gasteiger partial charge in [-0.2, -0.15) is 0 Å². The Hall–Kier alpha value is -1.36. The van der Waals surface area contributed by atoms with Crippen LogP contribution in [0.15, 0.2) is 41.8 Å². The van der Waals surface area contributed by atoms with Gasteiger partial charge in [0.1, 0.15) is 4.88 Å². The van der Waals surface area contributed by atoms with Gasteiger partial charge >= 0.3 is 0 Å². The summed E-state index contributed by atoms with van der Waals surface area (Å²) in [4.78, 5) is 14.9. The average Bonchev–Trinajstić information content (AvgIpc) is 2.85. The van der Waals surface area contributed by atoms with Crippen molar-refractivity contribution in [1.29, 1.82) is 0 Å². The fraction of sp³-hybridized carbons (Fsp3) is 0.267. The molecule has 0 aliphatic heterocycles. The number of halogens is 1. The van der Waals surface area contributed by atoms with E-state index in [1.165, 1.54) is 11.3 Å². The molecule has 0 aliphatic rings. The normalized spacial score (nSPS) is 12.4. The van der Waals surface area contributed by atoms with Crippen LogP contribution >= 0.6 is 22.9 Å². The van der Waals surface area contributed by atoms with Gasteiger partial charge in [-0.15, -0.1) is 11.3 Å². The van der Waals surface area contributed by atoms with Gasteiger partial charge in [0.15, 0.2) is 0 Å². The number of benzene rings is 1. The number of carbonyl (C=O) groups excluding carboxylic acids is 1. The Kier molecular flexibility index (Phi) is 5.17. The number of carbonyl (C=O) groups is 1. The molecule has 1 amide bonds. The summed E-state index contributed by atoms with van der Waals surface area (Å²) < 4.78 is 0. The Morgan fingerprint density at radius 1 is 1.30 bits per heavy atom. The van der Waals surface area contributed by atoms with E-state index in [-0.39, 0.29) is 11.9 Å². The fourth-order valence-corrected chi connectivity index (χ4v) is 3.01. The molecule has 0 fully saturated rings. The molecule has 0 radical (unpaired) electrons. The Balaban J connectivity index is 2.16. The van der Waals surface area contributed by atoms with Gasteiger partial charge in [0.25, 0.3) is 5.91 Å². The van der Waals surface area contributed by atoms with Gasteiger partial charge in [0.05, 0.1) is 11.1 Å². The number of hydrogen-bond acceptors (Lipinski definition) is 3. The van der Waals surface area contributed by atoms with Gasteiger partial charge in [-0.25, -0.2) is 0 Å². The molecular formula is C15H17ClN2OS. The first-order valence-corrected chi connectivity index (χ1v) is 7.57. The lowest BCUT2D eigenvalue weighted by atomic mass is 10.1. The van der Waals surface area contributed by atoms with Crippen LogP contribution in [-0.2, 0) is 0 Å². The molecule has 0 spiro atoms. The molecule has 1 N–H and O–H groups in total. The second-order valence-corrected chi connectivity index (χ2v) is 6.12. The van der Waals surface area contributed by atoms with Gasteiger partial charge < -0.3 is 10.2 Å². The molecule has 5 heteroatoms. The summed E-state index contributed by atoms with van der Waals surface area (Å²) in [5.74, 6) is -0.124. The molecule has 1 atom stereocenters. The summed E-state index contributed by atoms with van der Waals surface area (Å²) in [5.41, 5.74) is 1.09. The molecule has 2 aromatic rings. The standard InChI is InChI=1S/C15H17ClN2OS/c1-18(2)10-13(11-6-4-3-5-7-11)17-15(19)14-12(16)8-9-20-14/h3-9,13H,10H2,1-2H3,(H,17,19). The predicted octanol–water partition coefficient (Wildman–Crippen LogP) is 3.43. The van der Waals surface area contributed by atoms with Crippen LogP contribution in [0.4, 0.5) is 0 Å². The van der Waals surface area contributed by atoms with E-state index in [0.717, 1.165) is 12.1 Å². The van der Waals surface area contributed by atoms with Crippen molar-refractivity contribution < 1.29 is 4.79 Å². The minimum Gasteiger partial charge on any atom is -0.343 e. The molecule has 0 aliphatic carbocycles. The molecule has 3 nitrogen and oxygen atoms in total. The maximum atomic E-state index is 12.3. The summed E-state index contributed by atoms with van der Waals surface area (Å²) in [6.45, 7) is 0.735. The van der Waals surface area contributed by atoms with E-state index in [2.05, 4.69) is 5.32 Å². The minimum absolute atomic E-state index is 0.0585. The highest BCUT2D eigenvalue weighted by Gasteiger charge is 2.18. The lowest BCUT2D eigenvalue weighted by Gasteiger charge is -2.22. The zero-order valence-corrected chi connectivity index (χ0v) is 13.0. The van der Waals surface area contributed by atoms with Gasteiger partial charge in [-0.1, -0.05) is 41.9 Å². The summed E-state index contributed by atoms with van der Waals surface area (Å²) >= 11 is 7.37. The molecule has 1 unspecified atom stereocenters. The number of nitrogens with one attached hydrogen (secondary N) is 1. The predicted molar refractivity (Wildman–Crippen MR) is 84.5 cm³/mol. The van der Waals surface area contributed by atoms with E-state index < -0.39 is 0 Å².